The second-order valence-electron chi connectivity index (χ2n) is 6.13. The second-order valence-corrected chi connectivity index (χ2v) is 6.40. The van der Waals surface area contributed by atoms with Gasteiger partial charge in [-0.3, -0.25) is 5.32 Å². The zero-order valence-electron chi connectivity index (χ0n) is 13.1. The molecule has 1 aliphatic rings. The molecule has 0 saturated carbocycles. The Labute approximate surface area is 140 Å². The summed E-state index contributed by atoms with van der Waals surface area (Å²) in [5, 5.41) is 2.69. The van der Waals surface area contributed by atoms with Crippen LogP contribution in [0.15, 0.2) is 42.5 Å². The molecule has 0 radical (unpaired) electrons. The summed E-state index contributed by atoms with van der Waals surface area (Å²) in [5.41, 5.74) is 2.40. The molecule has 0 atom stereocenters. The van der Waals surface area contributed by atoms with E-state index in [9.17, 15) is 4.79 Å². The van der Waals surface area contributed by atoms with Gasteiger partial charge in [0, 0.05) is 23.6 Å². The van der Waals surface area contributed by atoms with Crippen molar-refractivity contribution in [3.05, 3.63) is 53.6 Å². The number of ether oxygens (including phenoxy) is 2. The minimum Gasteiger partial charge on any atom is -0.483 e. The van der Waals surface area contributed by atoms with Crippen molar-refractivity contribution in [2.24, 2.45) is 0 Å². The van der Waals surface area contributed by atoms with Gasteiger partial charge in [-0.15, -0.1) is 11.6 Å². The molecule has 2 aromatic carbocycles. The van der Waals surface area contributed by atoms with Gasteiger partial charge in [-0.25, -0.2) is 4.79 Å². The van der Waals surface area contributed by atoms with Gasteiger partial charge in [0.2, 0.25) is 0 Å². The third kappa shape index (κ3) is 3.59. The van der Waals surface area contributed by atoms with E-state index in [0.29, 0.717) is 23.1 Å². The SMILES string of the molecule is CC1(C)Cc2cccc(OC(=O)Nc3ccc(CCl)cc3)c2O1. The van der Waals surface area contributed by atoms with Gasteiger partial charge in [-0.05, 0) is 37.6 Å². The number of halogens is 1. The van der Waals surface area contributed by atoms with Crippen LogP contribution >= 0.6 is 11.6 Å². The van der Waals surface area contributed by atoms with Crippen LogP contribution in [0.5, 0.6) is 11.5 Å². The van der Waals surface area contributed by atoms with Crippen LogP contribution in [-0.2, 0) is 12.3 Å². The fourth-order valence-electron chi connectivity index (χ4n) is 2.59. The van der Waals surface area contributed by atoms with Crippen LogP contribution in [0, 0.1) is 0 Å². The summed E-state index contributed by atoms with van der Waals surface area (Å²) in [5.74, 6) is 1.52. The Kier molecular flexibility index (Phi) is 4.18. The zero-order chi connectivity index (χ0) is 16.4. The third-order valence-electron chi connectivity index (χ3n) is 3.61. The topological polar surface area (TPSA) is 47.6 Å². The molecule has 4 nitrogen and oxygen atoms in total. The number of benzene rings is 2. The first-order valence-corrected chi connectivity index (χ1v) is 7.95. The molecule has 1 aliphatic heterocycles. The first-order chi connectivity index (χ1) is 11.0. The molecule has 3 rings (SSSR count). The second kappa shape index (κ2) is 6.13. The summed E-state index contributed by atoms with van der Waals surface area (Å²) in [4.78, 5) is 12.1. The first kappa shape index (κ1) is 15.7. The van der Waals surface area contributed by atoms with Crippen molar-refractivity contribution >= 4 is 23.4 Å². The van der Waals surface area contributed by atoms with E-state index >= 15 is 0 Å². The predicted octanol–water partition coefficient (Wildman–Crippen LogP) is 4.75. The maximum absolute atomic E-state index is 12.1. The lowest BCUT2D eigenvalue weighted by Gasteiger charge is -2.18. The number of rotatable bonds is 3. The number of carbonyl (C=O) groups excluding carboxylic acids is 1. The highest BCUT2D eigenvalue weighted by Crippen LogP contribution is 2.41. The Morgan fingerprint density at radius 3 is 2.70 bits per heavy atom. The molecular weight excluding hydrogens is 314 g/mol. The summed E-state index contributed by atoms with van der Waals surface area (Å²) in [6.07, 6.45) is 0.242. The molecule has 0 spiro atoms. The number of hydrogen-bond acceptors (Lipinski definition) is 3. The first-order valence-electron chi connectivity index (χ1n) is 7.41. The Morgan fingerprint density at radius 1 is 1.26 bits per heavy atom. The van der Waals surface area contributed by atoms with Crippen molar-refractivity contribution in [2.75, 3.05) is 5.32 Å². The highest BCUT2D eigenvalue weighted by Gasteiger charge is 2.32. The van der Waals surface area contributed by atoms with Crippen LogP contribution < -0.4 is 14.8 Å². The Balaban J connectivity index is 1.70. The standard InChI is InChI=1S/C18H18ClNO3/c1-18(2)10-13-4-3-5-15(16(13)23-18)22-17(21)20-14-8-6-12(11-19)7-9-14/h3-9H,10-11H2,1-2H3,(H,20,21). The van der Waals surface area contributed by atoms with Crippen molar-refractivity contribution in [3.8, 4) is 11.5 Å². The van der Waals surface area contributed by atoms with Crippen LogP contribution in [0.3, 0.4) is 0 Å². The van der Waals surface area contributed by atoms with Gasteiger partial charge < -0.3 is 9.47 Å². The summed E-state index contributed by atoms with van der Waals surface area (Å²) in [7, 11) is 0. The number of anilines is 1. The molecule has 1 amide bonds. The largest absolute Gasteiger partial charge is 0.483 e. The van der Waals surface area contributed by atoms with Crippen LogP contribution in [0.2, 0.25) is 0 Å². The predicted molar refractivity (Wildman–Crippen MR) is 90.5 cm³/mol. The van der Waals surface area contributed by atoms with Crippen molar-refractivity contribution in [1.82, 2.24) is 0 Å². The molecular formula is C18H18ClNO3. The minimum atomic E-state index is -0.551. The third-order valence-corrected chi connectivity index (χ3v) is 3.92. The van der Waals surface area contributed by atoms with E-state index in [0.717, 1.165) is 17.5 Å². The molecule has 0 bridgehead atoms. The molecule has 23 heavy (non-hydrogen) atoms. The molecule has 2 aromatic rings. The van der Waals surface area contributed by atoms with E-state index in [1.807, 2.05) is 38.1 Å². The lowest BCUT2D eigenvalue weighted by molar-refractivity contribution is 0.133. The maximum atomic E-state index is 12.1. The molecule has 5 heteroatoms. The van der Waals surface area contributed by atoms with Crippen LogP contribution in [0.25, 0.3) is 0 Å². The van der Waals surface area contributed by atoms with Crippen molar-refractivity contribution < 1.29 is 14.3 Å². The van der Waals surface area contributed by atoms with Gasteiger partial charge in [0.15, 0.2) is 11.5 Å². The van der Waals surface area contributed by atoms with E-state index in [1.54, 1.807) is 18.2 Å². The molecule has 0 aliphatic carbocycles. The van der Waals surface area contributed by atoms with E-state index < -0.39 is 6.09 Å². The summed E-state index contributed by atoms with van der Waals surface area (Å²) in [6, 6.07) is 12.9. The molecule has 0 saturated heterocycles. The molecule has 1 N–H and O–H groups in total. The molecule has 0 aromatic heterocycles. The number of para-hydroxylation sites is 1. The highest BCUT2D eigenvalue weighted by atomic mass is 35.5. The van der Waals surface area contributed by atoms with Crippen LogP contribution in [0.4, 0.5) is 10.5 Å². The molecule has 120 valence electrons. The maximum Gasteiger partial charge on any atom is 0.417 e. The van der Waals surface area contributed by atoms with E-state index in [2.05, 4.69) is 5.32 Å². The number of alkyl halides is 1. The Morgan fingerprint density at radius 2 is 2.00 bits per heavy atom. The fourth-order valence-corrected chi connectivity index (χ4v) is 2.77. The van der Waals surface area contributed by atoms with Crippen molar-refractivity contribution in [3.63, 3.8) is 0 Å². The van der Waals surface area contributed by atoms with E-state index in [4.69, 9.17) is 21.1 Å². The summed E-state index contributed by atoms with van der Waals surface area (Å²) >= 11 is 5.74. The number of hydrogen-bond donors (Lipinski definition) is 1. The van der Waals surface area contributed by atoms with Gasteiger partial charge >= 0.3 is 6.09 Å². The molecule has 0 unspecified atom stereocenters. The average Bonchev–Trinajstić information content (AvgIpc) is 2.83. The molecule has 0 fully saturated rings. The normalized spacial score (nSPS) is 14.7. The van der Waals surface area contributed by atoms with Crippen molar-refractivity contribution in [2.45, 2.75) is 31.7 Å². The highest BCUT2D eigenvalue weighted by molar-refractivity contribution is 6.17. The number of amides is 1. The lowest BCUT2D eigenvalue weighted by Crippen LogP contribution is -2.25. The van der Waals surface area contributed by atoms with Gasteiger partial charge in [-0.2, -0.15) is 0 Å². The van der Waals surface area contributed by atoms with Crippen LogP contribution in [-0.4, -0.2) is 11.7 Å². The lowest BCUT2D eigenvalue weighted by atomic mass is 10.0. The Bertz CT molecular complexity index is 726. The number of fused-ring (bicyclic) bond motifs is 1. The number of carbonyl (C=O) groups is 1. The van der Waals surface area contributed by atoms with Crippen LogP contribution in [0.1, 0.15) is 25.0 Å². The fraction of sp³-hybridized carbons (Fsp3) is 0.278. The van der Waals surface area contributed by atoms with E-state index in [1.165, 1.54) is 0 Å². The minimum absolute atomic E-state index is 0.282. The zero-order valence-corrected chi connectivity index (χ0v) is 13.8. The summed E-state index contributed by atoms with van der Waals surface area (Å²) in [6.45, 7) is 4.02. The smallest absolute Gasteiger partial charge is 0.417 e. The molecule has 1 heterocycles. The van der Waals surface area contributed by atoms with Gasteiger partial charge in [0.05, 0.1) is 0 Å². The summed E-state index contributed by atoms with van der Waals surface area (Å²) < 4.78 is 11.3. The van der Waals surface area contributed by atoms with Gasteiger partial charge in [0.25, 0.3) is 0 Å². The number of nitrogens with one attached hydrogen (secondary N) is 1. The van der Waals surface area contributed by atoms with Gasteiger partial charge in [-0.1, -0.05) is 24.3 Å². The quantitative estimate of drug-likeness (QED) is 0.826. The average molecular weight is 332 g/mol. The van der Waals surface area contributed by atoms with Crippen molar-refractivity contribution in [1.29, 1.82) is 0 Å². The Hall–Kier alpha value is -2.20. The van der Waals surface area contributed by atoms with E-state index in [-0.39, 0.29) is 5.60 Å². The monoisotopic (exact) mass is 331 g/mol. The van der Waals surface area contributed by atoms with Gasteiger partial charge in [0.1, 0.15) is 5.60 Å².